The van der Waals surface area contributed by atoms with Gasteiger partial charge in [-0.15, -0.1) is 5.10 Å². The van der Waals surface area contributed by atoms with E-state index in [0.717, 1.165) is 0 Å². The molecule has 0 aliphatic carbocycles. The minimum Gasteiger partial charge on any atom is -0.307 e. The van der Waals surface area contributed by atoms with Crippen molar-refractivity contribution >= 4 is 15.9 Å². The van der Waals surface area contributed by atoms with Crippen molar-refractivity contribution in [3.05, 3.63) is 10.3 Å². The third-order valence-corrected chi connectivity index (χ3v) is 2.25. The Kier molecular flexibility index (Phi) is 3.32. The maximum absolute atomic E-state index is 12.5. The molecule has 1 rings (SSSR count). The van der Waals surface area contributed by atoms with Crippen LogP contribution in [-0.2, 0) is 7.05 Å². The topological polar surface area (TPSA) is 42.7 Å². The Morgan fingerprint density at radius 1 is 1.54 bits per heavy atom. The predicted molar refractivity (Wildman–Crippen MR) is 46.5 cm³/mol. The second-order valence-corrected chi connectivity index (χ2v) is 3.24. The summed E-state index contributed by atoms with van der Waals surface area (Å²) in [7, 11) is 3.04. The van der Waals surface area contributed by atoms with Crippen molar-refractivity contribution in [1.29, 1.82) is 0 Å². The van der Waals surface area contributed by atoms with Crippen LogP contribution in [0.15, 0.2) is 4.60 Å². The van der Waals surface area contributed by atoms with Gasteiger partial charge in [0.15, 0.2) is 4.60 Å². The number of aromatic nitrogens is 3. The first-order chi connectivity index (χ1) is 6.07. The van der Waals surface area contributed by atoms with Crippen molar-refractivity contribution in [2.24, 2.45) is 7.05 Å². The summed E-state index contributed by atoms with van der Waals surface area (Å²) in [5.74, 6) is 0. The van der Waals surface area contributed by atoms with Crippen molar-refractivity contribution in [2.75, 3.05) is 7.05 Å². The van der Waals surface area contributed by atoms with Gasteiger partial charge in [0, 0.05) is 7.05 Å². The number of nitrogens with zero attached hydrogens (tertiary/aromatic N) is 3. The van der Waals surface area contributed by atoms with Gasteiger partial charge in [-0.25, -0.2) is 13.5 Å². The number of hydrogen-bond donors (Lipinski definition) is 1. The molecule has 0 fully saturated rings. The van der Waals surface area contributed by atoms with E-state index in [1.807, 2.05) is 0 Å². The van der Waals surface area contributed by atoms with Crippen LogP contribution in [0.5, 0.6) is 0 Å². The Labute approximate surface area is 82.4 Å². The molecular formula is C6H9BrF2N4. The fourth-order valence-corrected chi connectivity index (χ4v) is 1.63. The fourth-order valence-electron chi connectivity index (χ4n) is 1.05. The molecule has 1 aromatic rings. The zero-order chi connectivity index (χ0) is 10.0. The van der Waals surface area contributed by atoms with E-state index in [4.69, 9.17) is 0 Å². The highest BCUT2D eigenvalue weighted by atomic mass is 79.9. The van der Waals surface area contributed by atoms with Crippen LogP contribution in [0.3, 0.4) is 0 Å². The molecule has 0 aliphatic heterocycles. The molecule has 0 saturated heterocycles. The van der Waals surface area contributed by atoms with E-state index in [9.17, 15) is 8.78 Å². The molecule has 0 aromatic carbocycles. The van der Waals surface area contributed by atoms with Gasteiger partial charge in [0.05, 0.1) is 5.69 Å². The lowest BCUT2D eigenvalue weighted by Crippen LogP contribution is -2.26. The number of rotatable bonds is 3. The van der Waals surface area contributed by atoms with E-state index in [1.165, 1.54) is 11.7 Å². The monoisotopic (exact) mass is 254 g/mol. The van der Waals surface area contributed by atoms with E-state index in [1.54, 1.807) is 7.05 Å². The maximum Gasteiger partial charge on any atom is 0.259 e. The van der Waals surface area contributed by atoms with Crippen LogP contribution < -0.4 is 5.32 Å². The lowest BCUT2D eigenvalue weighted by Gasteiger charge is -2.14. The molecule has 1 heterocycles. The fraction of sp³-hybridized carbons (Fsp3) is 0.667. The first kappa shape index (κ1) is 10.5. The molecule has 0 amide bonds. The number of nitrogens with one attached hydrogen (secondary N) is 1. The van der Waals surface area contributed by atoms with Crippen LogP contribution >= 0.6 is 15.9 Å². The smallest absolute Gasteiger partial charge is 0.259 e. The van der Waals surface area contributed by atoms with Gasteiger partial charge in [-0.3, -0.25) is 0 Å². The van der Waals surface area contributed by atoms with Gasteiger partial charge in [-0.05, 0) is 23.0 Å². The van der Waals surface area contributed by atoms with Crippen molar-refractivity contribution < 1.29 is 8.78 Å². The van der Waals surface area contributed by atoms with E-state index < -0.39 is 12.5 Å². The van der Waals surface area contributed by atoms with Crippen LogP contribution in [0.4, 0.5) is 8.78 Å². The second-order valence-electron chi connectivity index (χ2n) is 2.49. The zero-order valence-electron chi connectivity index (χ0n) is 7.13. The summed E-state index contributed by atoms with van der Waals surface area (Å²) in [4.78, 5) is 0. The van der Waals surface area contributed by atoms with Gasteiger partial charge in [0.25, 0.3) is 6.43 Å². The molecular weight excluding hydrogens is 246 g/mol. The molecule has 1 N–H and O–H groups in total. The van der Waals surface area contributed by atoms with Crippen LogP contribution in [0.2, 0.25) is 0 Å². The van der Waals surface area contributed by atoms with E-state index in [-0.39, 0.29) is 0 Å². The number of aryl methyl sites for hydroxylation is 1. The van der Waals surface area contributed by atoms with Crippen molar-refractivity contribution in [3.63, 3.8) is 0 Å². The molecule has 1 aromatic heterocycles. The summed E-state index contributed by atoms with van der Waals surface area (Å²) in [5, 5.41) is 9.74. The molecule has 0 spiro atoms. The molecule has 0 bridgehead atoms. The van der Waals surface area contributed by atoms with E-state index >= 15 is 0 Å². The standard InChI is InChI=1S/C6H9BrF2N4/c1-10-3(6(8)9)4-5(7)11-12-13(4)2/h3,6,10H,1-2H3. The molecule has 0 radical (unpaired) electrons. The minimum atomic E-state index is -2.49. The van der Waals surface area contributed by atoms with Gasteiger partial charge in [-0.2, -0.15) is 0 Å². The van der Waals surface area contributed by atoms with Gasteiger partial charge < -0.3 is 5.32 Å². The first-order valence-electron chi connectivity index (χ1n) is 3.58. The lowest BCUT2D eigenvalue weighted by atomic mass is 10.2. The Morgan fingerprint density at radius 2 is 2.15 bits per heavy atom. The molecule has 4 nitrogen and oxygen atoms in total. The summed E-state index contributed by atoms with van der Waals surface area (Å²) in [6.07, 6.45) is -2.49. The molecule has 0 aliphatic rings. The third kappa shape index (κ3) is 2.02. The van der Waals surface area contributed by atoms with Crippen molar-refractivity contribution in [3.8, 4) is 0 Å². The molecule has 1 unspecified atom stereocenters. The average molecular weight is 255 g/mol. The molecule has 0 saturated carbocycles. The van der Waals surface area contributed by atoms with Crippen LogP contribution in [-0.4, -0.2) is 28.5 Å². The molecule has 13 heavy (non-hydrogen) atoms. The predicted octanol–water partition coefficient (Wildman–Crippen LogP) is 1.10. The van der Waals surface area contributed by atoms with E-state index in [0.29, 0.717) is 10.3 Å². The molecule has 74 valence electrons. The van der Waals surface area contributed by atoms with Crippen LogP contribution in [0.1, 0.15) is 11.7 Å². The first-order valence-corrected chi connectivity index (χ1v) is 4.37. The third-order valence-electron chi connectivity index (χ3n) is 1.68. The van der Waals surface area contributed by atoms with E-state index in [2.05, 4.69) is 31.6 Å². The Bertz CT molecular complexity index is 269. The lowest BCUT2D eigenvalue weighted by molar-refractivity contribution is 0.0982. The average Bonchev–Trinajstić information content (AvgIpc) is 2.36. The summed E-state index contributed by atoms with van der Waals surface area (Å²) in [5.41, 5.74) is 0.345. The van der Waals surface area contributed by atoms with Crippen LogP contribution in [0.25, 0.3) is 0 Å². The summed E-state index contributed by atoms with van der Waals surface area (Å²) in [6.45, 7) is 0. The van der Waals surface area contributed by atoms with Gasteiger partial charge >= 0.3 is 0 Å². The maximum atomic E-state index is 12.5. The highest BCUT2D eigenvalue weighted by Gasteiger charge is 2.26. The SMILES string of the molecule is CNC(c1c(Br)nnn1C)C(F)F. The summed E-state index contributed by atoms with van der Waals surface area (Å²) >= 11 is 3.06. The highest BCUT2D eigenvalue weighted by molar-refractivity contribution is 9.10. The Hall–Kier alpha value is -0.560. The largest absolute Gasteiger partial charge is 0.307 e. The molecule has 7 heteroatoms. The van der Waals surface area contributed by atoms with Crippen LogP contribution in [0, 0.1) is 0 Å². The second kappa shape index (κ2) is 4.10. The normalized spacial score (nSPS) is 13.7. The molecule has 1 atom stereocenters. The Morgan fingerprint density at radius 3 is 2.46 bits per heavy atom. The number of alkyl halides is 2. The number of hydrogen-bond acceptors (Lipinski definition) is 3. The van der Waals surface area contributed by atoms with Crippen molar-refractivity contribution in [1.82, 2.24) is 20.3 Å². The van der Waals surface area contributed by atoms with Gasteiger partial charge in [0.1, 0.15) is 6.04 Å². The minimum absolute atomic E-state index is 0.342. The van der Waals surface area contributed by atoms with Crippen molar-refractivity contribution in [2.45, 2.75) is 12.5 Å². The summed E-state index contributed by atoms with van der Waals surface area (Å²) < 4.78 is 26.6. The zero-order valence-corrected chi connectivity index (χ0v) is 8.72. The van der Waals surface area contributed by atoms with Gasteiger partial charge in [-0.1, -0.05) is 5.21 Å². The Balaban J connectivity index is 3.03. The van der Waals surface area contributed by atoms with Gasteiger partial charge in [0.2, 0.25) is 0 Å². The highest BCUT2D eigenvalue weighted by Crippen LogP contribution is 2.24. The quantitative estimate of drug-likeness (QED) is 0.879. The number of halogens is 3. The summed E-state index contributed by atoms with van der Waals surface area (Å²) in [6, 6.07) is -1.05.